The van der Waals surface area contributed by atoms with Crippen LogP contribution in [0.15, 0.2) is 24.3 Å². The molecule has 1 atom stereocenters. The van der Waals surface area contributed by atoms with Crippen LogP contribution in [-0.2, 0) is 11.8 Å². The minimum Gasteiger partial charge on any atom is -0.394 e. The van der Waals surface area contributed by atoms with Crippen LogP contribution in [-0.4, -0.2) is 58.1 Å². The standard InChI is InChI=1S/C14H17N3O3/c1-16-12-5-3-2-4-11(12)13(15-16)14(19)17-6-7-20-10(8-17)9-18/h2-5,10,18H,6-9H2,1H3/t10-/m1/s1. The summed E-state index contributed by atoms with van der Waals surface area (Å²) in [5.41, 5.74) is 1.39. The monoisotopic (exact) mass is 275 g/mol. The lowest BCUT2D eigenvalue weighted by atomic mass is 10.2. The summed E-state index contributed by atoms with van der Waals surface area (Å²) in [4.78, 5) is 14.3. The molecule has 2 heterocycles. The van der Waals surface area contributed by atoms with Crippen molar-refractivity contribution in [3.05, 3.63) is 30.0 Å². The van der Waals surface area contributed by atoms with Gasteiger partial charge in [-0.05, 0) is 6.07 Å². The molecule has 1 aromatic carbocycles. The van der Waals surface area contributed by atoms with Gasteiger partial charge in [-0.1, -0.05) is 18.2 Å². The minimum absolute atomic E-state index is 0.0766. The second kappa shape index (κ2) is 5.22. The smallest absolute Gasteiger partial charge is 0.275 e. The first-order chi connectivity index (χ1) is 9.70. The molecule has 0 spiro atoms. The van der Waals surface area contributed by atoms with Gasteiger partial charge in [-0.3, -0.25) is 9.48 Å². The maximum atomic E-state index is 12.6. The van der Waals surface area contributed by atoms with E-state index in [-0.39, 0.29) is 18.6 Å². The lowest BCUT2D eigenvalue weighted by Gasteiger charge is -2.31. The Bertz CT molecular complexity index is 638. The molecule has 1 fully saturated rings. The molecule has 1 aliphatic heterocycles. The van der Waals surface area contributed by atoms with Crippen molar-refractivity contribution in [3.63, 3.8) is 0 Å². The Balaban J connectivity index is 1.92. The molecule has 1 aromatic heterocycles. The maximum absolute atomic E-state index is 12.6. The number of carbonyl (C=O) groups excluding carboxylic acids is 1. The number of ether oxygens (including phenoxy) is 1. The molecular weight excluding hydrogens is 258 g/mol. The maximum Gasteiger partial charge on any atom is 0.275 e. The molecule has 0 saturated carbocycles. The predicted octanol–water partition coefficient (Wildman–Crippen LogP) is 0.407. The zero-order valence-electron chi connectivity index (χ0n) is 11.3. The molecule has 20 heavy (non-hydrogen) atoms. The van der Waals surface area contributed by atoms with Gasteiger partial charge in [0.05, 0.1) is 24.8 Å². The van der Waals surface area contributed by atoms with Crippen LogP contribution in [0.2, 0.25) is 0 Å². The quantitative estimate of drug-likeness (QED) is 0.862. The van der Waals surface area contributed by atoms with Gasteiger partial charge in [0.1, 0.15) is 0 Å². The summed E-state index contributed by atoms with van der Waals surface area (Å²) in [6, 6.07) is 7.67. The van der Waals surface area contributed by atoms with Crippen LogP contribution in [0.4, 0.5) is 0 Å². The van der Waals surface area contributed by atoms with E-state index in [0.717, 1.165) is 10.9 Å². The number of benzene rings is 1. The van der Waals surface area contributed by atoms with Gasteiger partial charge in [0.15, 0.2) is 5.69 Å². The van der Waals surface area contributed by atoms with Crippen molar-refractivity contribution in [2.45, 2.75) is 6.10 Å². The highest BCUT2D eigenvalue weighted by molar-refractivity contribution is 6.04. The average molecular weight is 275 g/mol. The third-order valence-electron chi connectivity index (χ3n) is 3.59. The van der Waals surface area contributed by atoms with Crippen molar-refractivity contribution in [2.24, 2.45) is 7.05 Å². The largest absolute Gasteiger partial charge is 0.394 e. The van der Waals surface area contributed by atoms with Crippen LogP contribution in [0.3, 0.4) is 0 Å². The van der Waals surface area contributed by atoms with Gasteiger partial charge in [0.2, 0.25) is 0 Å². The lowest BCUT2D eigenvalue weighted by Crippen LogP contribution is -2.47. The van der Waals surface area contributed by atoms with Crippen molar-refractivity contribution in [1.29, 1.82) is 0 Å². The van der Waals surface area contributed by atoms with Gasteiger partial charge in [0.25, 0.3) is 5.91 Å². The van der Waals surface area contributed by atoms with E-state index in [1.54, 1.807) is 9.58 Å². The Morgan fingerprint density at radius 2 is 2.30 bits per heavy atom. The molecule has 1 amide bonds. The topological polar surface area (TPSA) is 67.6 Å². The Hall–Kier alpha value is -1.92. The normalized spacial score (nSPS) is 19.5. The molecular formula is C14H17N3O3. The summed E-state index contributed by atoms with van der Waals surface area (Å²) in [5.74, 6) is -0.108. The number of aryl methyl sites for hydroxylation is 1. The second-order valence-corrected chi connectivity index (χ2v) is 4.92. The number of amides is 1. The SMILES string of the molecule is Cn1nc(C(=O)N2CCO[C@@H](CO)C2)c2ccccc21. The fourth-order valence-corrected chi connectivity index (χ4v) is 2.54. The van der Waals surface area contributed by atoms with Gasteiger partial charge >= 0.3 is 0 Å². The van der Waals surface area contributed by atoms with Crippen LogP contribution in [0, 0.1) is 0 Å². The number of aliphatic hydroxyl groups excluding tert-OH is 1. The second-order valence-electron chi connectivity index (χ2n) is 4.92. The summed E-state index contributed by atoms with van der Waals surface area (Å²) in [5, 5.41) is 14.3. The number of hydrogen-bond acceptors (Lipinski definition) is 4. The summed E-state index contributed by atoms with van der Waals surface area (Å²) in [7, 11) is 1.83. The summed E-state index contributed by atoms with van der Waals surface area (Å²) >= 11 is 0. The third kappa shape index (κ3) is 2.17. The number of para-hydroxylation sites is 1. The molecule has 1 N–H and O–H groups in total. The molecule has 1 saturated heterocycles. The highest BCUT2D eigenvalue weighted by Gasteiger charge is 2.27. The van der Waals surface area contributed by atoms with Crippen molar-refractivity contribution in [3.8, 4) is 0 Å². The van der Waals surface area contributed by atoms with Crippen molar-refractivity contribution >= 4 is 16.8 Å². The van der Waals surface area contributed by atoms with E-state index >= 15 is 0 Å². The Kier molecular flexibility index (Phi) is 3.42. The first kappa shape index (κ1) is 13.1. The molecule has 6 heteroatoms. The van der Waals surface area contributed by atoms with Crippen LogP contribution >= 0.6 is 0 Å². The zero-order chi connectivity index (χ0) is 14.1. The molecule has 1 aliphatic rings. The van der Waals surface area contributed by atoms with E-state index in [1.807, 2.05) is 31.3 Å². The predicted molar refractivity (Wildman–Crippen MR) is 73.4 cm³/mol. The molecule has 6 nitrogen and oxygen atoms in total. The van der Waals surface area contributed by atoms with Gasteiger partial charge in [-0.15, -0.1) is 0 Å². The van der Waals surface area contributed by atoms with Crippen molar-refractivity contribution < 1.29 is 14.6 Å². The van der Waals surface area contributed by atoms with Gasteiger partial charge in [0, 0.05) is 25.5 Å². The van der Waals surface area contributed by atoms with E-state index < -0.39 is 0 Å². The van der Waals surface area contributed by atoms with E-state index in [1.165, 1.54) is 0 Å². The average Bonchev–Trinajstić information content (AvgIpc) is 2.84. The van der Waals surface area contributed by atoms with Crippen LogP contribution in [0.25, 0.3) is 10.9 Å². The fraction of sp³-hybridized carbons (Fsp3) is 0.429. The molecule has 0 unspecified atom stereocenters. The Labute approximate surface area is 116 Å². The molecule has 0 bridgehead atoms. The minimum atomic E-state index is -0.303. The van der Waals surface area contributed by atoms with E-state index in [2.05, 4.69) is 5.10 Å². The number of aliphatic hydroxyl groups is 1. The first-order valence-electron chi connectivity index (χ1n) is 6.64. The highest BCUT2D eigenvalue weighted by Crippen LogP contribution is 2.20. The fourth-order valence-electron chi connectivity index (χ4n) is 2.54. The number of rotatable bonds is 2. The lowest BCUT2D eigenvalue weighted by molar-refractivity contribution is -0.0448. The van der Waals surface area contributed by atoms with Crippen LogP contribution in [0.5, 0.6) is 0 Å². The Morgan fingerprint density at radius 3 is 3.10 bits per heavy atom. The number of aromatic nitrogens is 2. The van der Waals surface area contributed by atoms with Gasteiger partial charge < -0.3 is 14.7 Å². The van der Waals surface area contributed by atoms with Crippen molar-refractivity contribution in [2.75, 3.05) is 26.3 Å². The van der Waals surface area contributed by atoms with E-state index in [0.29, 0.717) is 25.4 Å². The summed E-state index contributed by atoms with van der Waals surface area (Å²) in [6.45, 7) is 1.30. The summed E-state index contributed by atoms with van der Waals surface area (Å²) in [6.07, 6.45) is -0.303. The van der Waals surface area contributed by atoms with E-state index in [4.69, 9.17) is 9.84 Å². The number of hydrogen-bond donors (Lipinski definition) is 1. The molecule has 0 aliphatic carbocycles. The Morgan fingerprint density at radius 1 is 1.50 bits per heavy atom. The van der Waals surface area contributed by atoms with Crippen LogP contribution < -0.4 is 0 Å². The highest BCUT2D eigenvalue weighted by atomic mass is 16.5. The third-order valence-corrected chi connectivity index (χ3v) is 3.59. The summed E-state index contributed by atoms with van der Waals surface area (Å²) < 4.78 is 7.08. The van der Waals surface area contributed by atoms with Gasteiger partial charge in [-0.2, -0.15) is 5.10 Å². The molecule has 3 rings (SSSR count). The number of morpholine rings is 1. The zero-order valence-corrected chi connectivity index (χ0v) is 11.3. The number of fused-ring (bicyclic) bond motifs is 1. The number of carbonyl (C=O) groups is 1. The van der Waals surface area contributed by atoms with Gasteiger partial charge in [-0.25, -0.2) is 0 Å². The molecule has 106 valence electrons. The van der Waals surface area contributed by atoms with Crippen LogP contribution in [0.1, 0.15) is 10.5 Å². The molecule has 0 radical (unpaired) electrons. The number of nitrogens with zero attached hydrogens (tertiary/aromatic N) is 3. The van der Waals surface area contributed by atoms with Crippen molar-refractivity contribution in [1.82, 2.24) is 14.7 Å². The van der Waals surface area contributed by atoms with E-state index in [9.17, 15) is 4.79 Å². The first-order valence-corrected chi connectivity index (χ1v) is 6.64. The molecule has 2 aromatic rings.